The first-order chi connectivity index (χ1) is 11.7. The largest absolute Gasteiger partial charge is 0.461 e. The van der Waals surface area contributed by atoms with Crippen molar-refractivity contribution in [2.75, 3.05) is 20.2 Å². The minimum Gasteiger partial charge on any atom is -0.461 e. The number of methoxy groups -OCH3 is 1. The molecule has 1 aliphatic rings. The normalized spacial score (nSPS) is 18.8. The Kier molecular flexibility index (Phi) is 5.58. The van der Waals surface area contributed by atoms with E-state index in [9.17, 15) is 4.79 Å². The molecule has 1 aliphatic heterocycles. The molecule has 1 saturated heterocycles. The van der Waals surface area contributed by atoms with Gasteiger partial charge in [0.25, 0.3) is 0 Å². The van der Waals surface area contributed by atoms with Gasteiger partial charge in [-0.25, -0.2) is 4.79 Å². The highest BCUT2D eigenvalue weighted by molar-refractivity contribution is 7.07. The molecule has 0 aliphatic carbocycles. The average Bonchev–Trinajstić information content (AvgIpc) is 3.32. The Morgan fingerprint density at radius 2 is 2.38 bits per heavy atom. The van der Waals surface area contributed by atoms with Gasteiger partial charge in [-0.3, -0.25) is 0 Å². The number of thiophene rings is 1. The summed E-state index contributed by atoms with van der Waals surface area (Å²) in [6.07, 6.45) is 1.94. The van der Waals surface area contributed by atoms with Crippen molar-refractivity contribution >= 4 is 17.4 Å². The maximum atomic E-state index is 12.6. The van der Waals surface area contributed by atoms with Crippen molar-refractivity contribution in [2.24, 2.45) is 0 Å². The highest BCUT2D eigenvalue weighted by Crippen LogP contribution is 2.33. The summed E-state index contributed by atoms with van der Waals surface area (Å²) in [7, 11) is 1.65. The number of ether oxygens (including phenoxy) is 1. The summed E-state index contributed by atoms with van der Waals surface area (Å²) in [5.41, 5.74) is 1.27. The third-order valence-corrected chi connectivity index (χ3v) is 5.18. The van der Waals surface area contributed by atoms with Gasteiger partial charge in [0.15, 0.2) is 0 Å². The van der Waals surface area contributed by atoms with Crippen LogP contribution in [0.2, 0.25) is 0 Å². The first-order valence-corrected chi connectivity index (χ1v) is 9.27. The molecule has 1 fully saturated rings. The second-order valence-corrected chi connectivity index (χ2v) is 7.01. The van der Waals surface area contributed by atoms with E-state index < -0.39 is 0 Å². The van der Waals surface area contributed by atoms with Crippen LogP contribution in [0.3, 0.4) is 0 Å². The van der Waals surface area contributed by atoms with Crippen molar-refractivity contribution in [3.05, 3.63) is 46.0 Å². The summed E-state index contributed by atoms with van der Waals surface area (Å²) in [5, 5.41) is 7.27. The van der Waals surface area contributed by atoms with Crippen LogP contribution in [0.4, 0.5) is 4.79 Å². The zero-order chi connectivity index (χ0) is 16.9. The Morgan fingerprint density at radius 1 is 1.50 bits per heavy atom. The Labute approximate surface area is 146 Å². The minimum absolute atomic E-state index is 0.00993. The standard InChI is InChI=1S/C18H24N2O3S/c1-13(14-7-9-24-12-14)10-19-18(21)20-8-3-4-16(20)17-6-5-15(23-17)11-22-2/h5-7,9,12-13,16H,3-4,8,10-11H2,1-2H3,(H,19,21). The van der Waals surface area contributed by atoms with Gasteiger partial charge in [-0.05, 0) is 53.3 Å². The number of nitrogens with zero attached hydrogens (tertiary/aromatic N) is 1. The number of hydrogen-bond donors (Lipinski definition) is 1. The van der Waals surface area contributed by atoms with Gasteiger partial charge in [-0.1, -0.05) is 6.92 Å². The molecule has 3 rings (SSSR count). The molecule has 6 heteroatoms. The number of likely N-dealkylation sites (tertiary alicyclic amines) is 1. The summed E-state index contributed by atoms with van der Waals surface area (Å²) < 4.78 is 10.9. The Bertz CT molecular complexity index is 653. The van der Waals surface area contributed by atoms with Gasteiger partial charge in [-0.15, -0.1) is 0 Å². The van der Waals surface area contributed by atoms with Crippen LogP contribution >= 0.6 is 11.3 Å². The van der Waals surface area contributed by atoms with E-state index in [2.05, 4.69) is 29.1 Å². The number of hydrogen-bond acceptors (Lipinski definition) is 4. The Balaban J connectivity index is 1.58. The van der Waals surface area contributed by atoms with Crippen LogP contribution in [0.15, 0.2) is 33.4 Å². The fraction of sp³-hybridized carbons (Fsp3) is 0.500. The average molecular weight is 348 g/mol. The molecule has 2 unspecified atom stereocenters. The number of carbonyl (C=O) groups is 1. The zero-order valence-electron chi connectivity index (χ0n) is 14.2. The van der Waals surface area contributed by atoms with E-state index in [1.165, 1.54) is 5.56 Å². The molecular weight excluding hydrogens is 324 g/mol. The number of rotatable bonds is 6. The monoisotopic (exact) mass is 348 g/mol. The van der Waals surface area contributed by atoms with E-state index in [1.807, 2.05) is 17.0 Å². The lowest BCUT2D eigenvalue weighted by Gasteiger charge is -2.24. The summed E-state index contributed by atoms with van der Waals surface area (Å²) in [6, 6.07) is 6.00. The van der Waals surface area contributed by atoms with Crippen LogP contribution in [0.25, 0.3) is 0 Å². The van der Waals surface area contributed by atoms with Crippen LogP contribution in [0.5, 0.6) is 0 Å². The lowest BCUT2D eigenvalue weighted by molar-refractivity contribution is 0.156. The maximum Gasteiger partial charge on any atom is 0.318 e. The van der Waals surface area contributed by atoms with Crippen molar-refractivity contribution in [1.29, 1.82) is 0 Å². The second kappa shape index (κ2) is 7.85. The van der Waals surface area contributed by atoms with Crippen molar-refractivity contribution in [3.8, 4) is 0 Å². The molecule has 0 radical (unpaired) electrons. The molecule has 2 amide bonds. The Morgan fingerprint density at radius 3 is 3.12 bits per heavy atom. The molecule has 130 valence electrons. The maximum absolute atomic E-state index is 12.6. The molecule has 0 bridgehead atoms. The third kappa shape index (κ3) is 3.82. The first kappa shape index (κ1) is 17.0. The van der Waals surface area contributed by atoms with Crippen LogP contribution < -0.4 is 5.32 Å². The predicted molar refractivity (Wildman–Crippen MR) is 94.2 cm³/mol. The van der Waals surface area contributed by atoms with Crippen LogP contribution in [-0.2, 0) is 11.3 Å². The van der Waals surface area contributed by atoms with E-state index in [0.717, 1.165) is 30.9 Å². The summed E-state index contributed by atoms with van der Waals surface area (Å²) in [5.74, 6) is 1.96. The van der Waals surface area contributed by atoms with Crippen molar-refractivity contribution < 1.29 is 13.9 Å². The third-order valence-electron chi connectivity index (χ3n) is 4.48. The minimum atomic E-state index is -0.00993. The summed E-state index contributed by atoms with van der Waals surface area (Å²) in [6.45, 7) is 4.00. The fourth-order valence-electron chi connectivity index (χ4n) is 3.11. The van der Waals surface area contributed by atoms with Crippen molar-refractivity contribution in [2.45, 2.75) is 38.3 Å². The van der Waals surface area contributed by atoms with Gasteiger partial charge in [-0.2, -0.15) is 11.3 Å². The molecule has 0 spiro atoms. The van der Waals surface area contributed by atoms with E-state index in [0.29, 0.717) is 19.1 Å². The molecule has 1 N–H and O–H groups in total. The number of nitrogens with one attached hydrogen (secondary N) is 1. The number of carbonyl (C=O) groups excluding carboxylic acids is 1. The van der Waals surface area contributed by atoms with Crippen molar-refractivity contribution in [1.82, 2.24) is 10.2 Å². The number of furan rings is 1. The van der Waals surface area contributed by atoms with Crippen LogP contribution in [0, 0.1) is 0 Å². The molecule has 3 heterocycles. The molecule has 2 atom stereocenters. The van der Waals surface area contributed by atoms with Gasteiger partial charge in [0.2, 0.25) is 0 Å². The van der Waals surface area contributed by atoms with Crippen LogP contribution in [-0.4, -0.2) is 31.1 Å². The molecule has 2 aromatic heterocycles. The van der Waals surface area contributed by atoms with Gasteiger partial charge >= 0.3 is 6.03 Å². The van der Waals surface area contributed by atoms with Crippen molar-refractivity contribution in [3.63, 3.8) is 0 Å². The quantitative estimate of drug-likeness (QED) is 0.854. The highest BCUT2D eigenvalue weighted by atomic mass is 32.1. The van der Waals surface area contributed by atoms with Gasteiger partial charge < -0.3 is 19.4 Å². The van der Waals surface area contributed by atoms with E-state index in [1.54, 1.807) is 18.4 Å². The van der Waals surface area contributed by atoms with E-state index >= 15 is 0 Å². The molecular formula is C18H24N2O3S. The van der Waals surface area contributed by atoms with E-state index in [-0.39, 0.29) is 12.1 Å². The Hall–Kier alpha value is -1.79. The lowest BCUT2D eigenvalue weighted by atomic mass is 10.1. The number of urea groups is 1. The predicted octanol–water partition coefficient (Wildman–Crippen LogP) is 4.14. The summed E-state index contributed by atoms with van der Waals surface area (Å²) in [4.78, 5) is 14.5. The van der Waals surface area contributed by atoms with Gasteiger partial charge in [0, 0.05) is 20.2 Å². The lowest BCUT2D eigenvalue weighted by Crippen LogP contribution is -2.40. The molecule has 24 heavy (non-hydrogen) atoms. The highest BCUT2D eigenvalue weighted by Gasteiger charge is 2.32. The van der Waals surface area contributed by atoms with Gasteiger partial charge in [0.1, 0.15) is 18.1 Å². The molecule has 0 saturated carbocycles. The topological polar surface area (TPSA) is 54.7 Å². The molecule has 5 nitrogen and oxygen atoms in total. The molecule has 0 aromatic carbocycles. The van der Waals surface area contributed by atoms with Gasteiger partial charge in [0.05, 0.1) is 6.04 Å². The SMILES string of the molecule is COCc1ccc(C2CCCN2C(=O)NCC(C)c2ccsc2)o1. The fourth-order valence-corrected chi connectivity index (χ4v) is 3.90. The van der Waals surface area contributed by atoms with E-state index in [4.69, 9.17) is 9.15 Å². The smallest absolute Gasteiger partial charge is 0.318 e. The molecule has 2 aromatic rings. The van der Waals surface area contributed by atoms with Crippen LogP contribution in [0.1, 0.15) is 48.8 Å². The zero-order valence-corrected chi connectivity index (χ0v) is 15.0. The first-order valence-electron chi connectivity index (χ1n) is 8.33. The summed E-state index contributed by atoms with van der Waals surface area (Å²) >= 11 is 1.69. The second-order valence-electron chi connectivity index (χ2n) is 6.23. The number of amides is 2.